The molecule has 176 valence electrons. The van der Waals surface area contributed by atoms with E-state index in [2.05, 4.69) is 6.92 Å². The van der Waals surface area contributed by atoms with Gasteiger partial charge in [0.1, 0.15) is 5.60 Å². The van der Waals surface area contributed by atoms with Crippen LogP contribution < -0.4 is 0 Å². The van der Waals surface area contributed by atoms with Crippen molar-refractivity contribution in [3.8, 4) is 0 Å². The third-order valence-corrected chi connectivity index (χ3v) is 10.8. The minimum atomic E-state index is -1.65. The van der Waals surface area contributed by atoms with Crippen LogP contribution in [-0.2, 0) is 19.1 Å². The number of aliphatic hydroxyl groups is 1. The van der Waals surface area contributed by atoms with Crippen molar-refractivity contribution >= 4 is 40.7 Å². The summed E-state index contributed by atoms with van der Waals surface area (Å²) in [5.74, 6) is -1.34. The Balaban J connectivity index is 1.73. The maximum atomic E-state index is 13.3. The maximum Gasteiger partial charge on any atom is 0.305 e. The van der Waals surface area contributed by atoms with Gasteiger partial charge in [-0.2, -0.15) is 0 Å². The van der Waals surface area contributed by atoms with Gasteiger partial charge < -0.3 is 9.84 Å². The fraction of sp³-hybridized carbons (Fsp3) is 0.720. The number of Topliss-reactive ketones (excluding diaryl/α,β-unsaturated/α-hetero) is 1. The average molecular weight is 483 g/mol. The zero-order valence-electron chi connectivity index (χ0n) is 19.1. The summed E-state index contributed by atoms with van der Waals surface area (Å²) >= 11 is 14.6. The highest BCUT2D eigenvalue weighted by molar-refractivity contribution is 6.34. The third-order valence-electron chi connectivity index (χ3n) is 9.26. The van der Waals surface area contributed by atoms with E-state index in [-0.39, 0.29) is 30.0 Å². The molecule has 32 heavy (non-hydrogen) atoms. The number of allylic oxidation sites excluding steroid dienone is 4. The number of rotatable bonds is 4. The number of fused-ring (bicyclic) bond motifs is 5. The van der Waals surface area contributed by atoms with Gasteiger partial charge in [-0.3, -0.25) is 14.4 Å². The van der Waals surface area contributed by atoms with Crippen LogP contribution in [0.4, 0.5) is 0 Å². The van der Waals surface area contributed by atoms with Gasteiger partial charge in [0.15, 0.2) is 12.4 Å². The Bertz CT molecular complexity index is 927. The van der Waals surface area contributed by atoms with Gasteiger partial charge in [0.25, 0.3) is 0 Å². The van der Waals surface area contributed by atoms with Crippen molar-refractivity contribution in [2.45, 2.75) is 75.7 Å². The zero-order chi connectivity index (χ0) is 23.7. The second kappa shape index (κ2) is 7.68. The summed E-state index contributed by atoms with van der Waals surface area (Å²) in [4.78, 5) is 36.1. The van der Waals surface area contributed by atoms with E-state index in [0.29, 0.717) is 12.8 Å². The molecule has 5 nitrogen and oxygen atoms in total. The quantitative estimate of drug-likeness (QED) is 0.475. The fourth-order valence-corrected chi connectivity index (χ4v) is 8.67. The highest BCUT2D eigenvalue weighted by atomic mass is 35.5. The van der Waals surface area contributed by atoms with E-state index < -0.39 is 45.0 Å². The molecule has 8 atom stereocenters. The van der Waals surface area contributed by atoms with E-state index in [1.54, 1.807) is 19.1 Å². The predicted molar refractivity (Wildman–Crippen MR) is 122 cm³/mol. The molecule has 0 amide bonds. The summed E-state index contributed by atoms with van der Waals surface area (Å²) in [7, 11) is 0. The first-order valence-corrected chi connectivity index (χ1v) is 12.4. The number of carbonyl (C=O) groups excluding carboxylic acids is 3. The monoisotopic (exact) mass is 482 g/mol. The van der Waals surface area contributed by atoms with Crippen LogP contribution in [0.2, 0.25) is 0 Å². The Morgan fingerprint density at radius 2 is 1.97 bits per heavy atom. The zero-order valence-corrected chi connectivity index (χ0v) is 20.6. The molecule has 7 heteroatoms. The molecule has 3 saturated carbocycles. The Morgan fingerprint density at radius 1 is 1.28 bits per heavy atom. The van der Waals surface area contributed by atoms with Crippen molar-refractivity contribution in [3.05, 3.63) is 23.8 Å². The minimum Gasteiger partial charge on any atom is -0.458 e. The summed E-state index contributed by atoms with van der Waals surface area (Å²) in [6.07, 6.45) is 7.82. The first kappa shape index (κ1) is 24.0. The molecule has 4 rings (SSSR count). The topological polar surface area (TPSA) is 80.7 Å². The molecular weight excluding hydrogens is 451 g/mol. The fourth-order valence-electron chi connectivity index (χ4n) is 7.43. The van der Waals surface area contributed by atoms with Gasteiger partial charge in [-0.15, -0.1) is 23.2 Å². The van der Waals surface area contributed by atoms with Gasteiger partial charge >= 0.3 is 5.97 Å². The Kier molecular flexibility index (Phi) is 5.75. The summed E-state index contributed by atoms with van der Waals surface area (Å²) in [5, 5.41) is 11.4. The van der Waals surface area contributed by atoms with Crippen LogP contribution in [-0.4, -0.2) is 45.1 Å². The molecule has 0 aromatic carbocycles. The number of hydrogen-bond donors (Lipinski definition) is 1. The summed E-state index contributed by atoms with van der Waals surface area (Å²) in [6.45, 7) is 7.11. The van der Waals surface area contributed by atoms with Gasteiger partial charge in [0.05, 0.1) is 10.3 Å². The molecular formula is C25H32Cl2O5. The van der Waals surface area contributed by atoms with Crippen LogP contribution >= 0.6 is 23.2 Å². The molecule has 4 aliphatic carbocycles. The SMILES string of the molecule is CCC(=O)OCC(=O)[C@@]1(O)[C@H](C)C[C@H]2[C@@H]3CCC4=CC(=O)C=C[C@]4(C)[C@@]3(Cl)[C@@H](Cl)C[C@@]21C. The second-order valence-corrected chi connectivity index (χ2v) is 11.7. The Hall–Kier alpha value is -1.17. The van der Waals surface area contributed by atoms with Crippen LogP contribution in [0.15, 0.2) is 23.8 Å². The van der Waals surface area contributed by atoms with E-state index in [9.17, 15) is 19.5 Å². The van der Waals surface area contributed by atoms with E-state index in [1.165, 1.54) is 0 Å². The van der Waals surface area contributed by atoms with Crippen LogP contribution in [0.1, 0.15) is 59.8 Å². The van der Waals surface area contributed by atoms with Gasteiger partial charge in [-0.25, -0.2) is 0 Å². The predicted octanol–water partition coefficient (Wildman–Crippen LogP) is 4.37. The van der Waals surface area contributed by atoms with Crippen LogP contribution in [0, 0.1) is 28.6 Å². The molecule has 0 aromatic heterocycles. The van der Waals surface area contributed by atoms with Crippen molar-refractivity contribution in [1.29, 1.82) is 0 Å². The first-order valence-electron chi connectivity index (χ1n) is 11.5. The lowest BCUT2D eigenvalue weighted by atomic mass is 9.46. The maximum absolute atomic E-state index is 13.3. The van der Waals surface area contributed by atoms with E-state index in [4.69, 9.17) is 27.9 Å². The standard InChI is InChI=1S/C25H32Cl2O5/c1-5-21(30)32-13-20(29)25(31)14(2)10-18-17-7-6-15-11-16(28)8-9-22(15,3)24(17,27)19(26)12-23(18,25)4/h8-9,11,14,17-19,31H,5-7,10,12-13H2,1-4H3/t14-,17+,18+,19+,22+,23+,24+,25+/m1/s1. The molecule has 0 bridgehead atoms. The van der Waals surface area contributed by atoms with Crippen LogP contribution in [0.3, 0.4) is 0 Å². The molecule has 0 saturated heterocycles. The number of ketones is 2. The van der Waals surface area contributed by atoms with Gasteiger partial charge in [-0.05, 0) is 55.6 Å². The lowest BCUT2D eigenvalue weighted by molar-refractivity contribution is -0.172. The summed E-state index contributed by atoms with van der Waals surface area (Å²) in [5.41, 5.74) is -1.99. The van der Waals surface area contributed by atoms with Crippen molar-refractivity contribution in [1.82, 2.24) is 0 Å². The summed E-state index contributed by atoms with van der Waals surface area (Å²) in [6, 6.07) is 0. The number of ether oxygens (including phenoxy) is 1. The van der Waals surface area contributed by atoms with Crippen molar-refractivity contribution in [2.24, 2.45) is 28.6 Å². The first-order chi connectivity index (χ1) is 14.9. The van der Waals surface area contributed by atoms with Crippen LogP contribution in [0.25, 0.3) is 0 Å². The Labute approximate surface area is 199 Å². The minimum absolute atomic E-state index is 0.0229. The van der Waals surface area contributed by atoms with Crippen molar-refractivity contribution in [2.75, 3.05) is 6.61 Å². The number of halogens is 2. The molecule has 0 spiro atoms. The highest BCUT2D eigenvalue weighted by Gasteiger charge is 2.74. The van der Waals surface area contributed by atoms with Gasteiger partial charge in [0.2, 0.25) is 5.78 Å². The molecule has 0 aromatic rings. The molecule has 0 radical (unpaired) electrons. The normalized spacial score (nSPS) is 47.2. The average Bonchev–Trinajstić information content (AvgIpc) is 2.94. The highest BCUT2D eigenvalue weighted by Crippen LogP contribution is 2.72. The van der Waals surface area contributed by atoms with Gasteiger partial charge in [-0.1, -0.05) is 39.3 Å². The lowest BCUT2D eigenvalue weighted by Gasteiger charge is -2.63. The van der Waals surface area contributed by atoms with E-state index in [0.717, 1.165) is 18.4 Å². The number of esters is 1. The Morgan fingerprint density at radius 3 is 2.62 bits per heavy atom. The largest absolute Gasteiger partial charge is 0.458 e. The van der Waals surface area contributed by atoms with Crippen molar-refractivity contribution < 1.29 is 24.2 Å². The molecule has 0 heterocycles. The smallest absolute Gasteiger partial charge is 0.305 e. The third kappa shape index (κ3) is 2.89. The summed E-state index contributed by atoms with van der Waals surface area (Å²) < 4.78 is 5.10. The number of hydrogen-bond acceptors (Lipinski definition) is 5. The lowest BCUT2D eigenvalue weighted by Crippen LogP contribution is -2.67. The van der Waals surface area contributed by atoms with Gasteiger partial charge in [0, 0.05) is 17.3 Å². The molecule has 3 fully saturated rings. The van der Waals surface area contributed by atoms with Crippen LogP contribution in [0.5, 0.6) is 0 Å². The number of alkyl halides is 2. The van der Waals surface area contributed by atoms with E-state index >= 15 is 0 Å². The number of carbonyl (C=O) groups is 3. The van der Waals surface area contributed by atoms with Crippen molar-refractivity contribution in [3.63, 3.8) is 0 Å². The molecule has 1 N–H and O–H groups in total. The molecule has 0 unspecified atom stereocenters. The van der Waals surface area contributed by atoms with E-state index in [1.807, 2.05) is 19.9 Å². The second-order valence-electron chi connectivity index (χ2n) is 10.6. The molecule has 4 aliphatic rings. The molecule has 0 aliphatic heterocycles.